The van der Waals surface area contributed by atoms with Crippen molar-refractivity contribution in [1.82, 2.24) is 9.78 Å². The third-order valence-corrected chi connectivity index (χ3v) is 3.24. The van der Waals surface area contributed by atoms with E-state index in [0.717, 1.165) is 0 Å². The van der Waals surface area contributed by atoms with Crippen LogP contribution in [0.3, 0.4) is 0 Å². The first kappa shape index (κ1) is 13.4. The molecule has 0 unspecified atom stereocenters. The Balaban J connectivity index is 2.34. The van der Waals surface area contributed by atoms with Crippen LogP contribution in [0.15, 0.2) is 33.9 Å². The van der Waals surface area contributed by atoms with Gasteiger partial charge in [-0.3, -0.25) is 4.68 Å². The molecule has 2 rings (SSSR count). The van der Waals surface area contributed by atoms with Crippen molar-refractivity contribution in [2.75, 3.05) is 0 Å². The van der Waals surface area contributed by atoms with Gasteiger partial charge in [-0.05, 0) is 40.3 Å². The van der Waals surface area contributed by atoms with Gasteiger partial charge in [0.15, 0.2) is 5.82 Å². The first-order chi connectivity index (χ1) is 8.61. The normalized spacial score (nSPS) is 10.2. The van der Waals surface area contributed by atoms with Crippen molar-refractivity contribution < 1.29 is 4.39 Å². The largest absolute Gasteiger partial charge is 0.265 e. The van der Waals surface area contributed by atoms with E-state index in [1.54, 1.807) is 18.3 Å². The Morgan fingerprint density at radius 1 is 1.56 bits per heavy atom. The summed E-state index contributed by atoms with van der Waals surface area (Å²) in [7, 11) is 0. The lowest BCUT2D eigenvalue weighted by molar-refractivity contribution is 0.585. The Kier molecular flexibility index (Phi) is 4.24. The molecule has 0 fully saturated rings. The lowest BCUT2D eigenvalue weighted by Crippen LogP contribution is -2.03. The lowest BCUT2D eigenvalue weighted by Gasteiger charge is -2.05. The van der Waals surface area contributed by atoms with Crippen LogP contribution in [-0.2, 0) is 6.54 Å². The summed E-state index contributed by atoms with van der Waals surface area (Å²) in [5.41, 5.74) is 0.382. The van der Waals surface area contributed by atoms with Gasteiger partial charge in [0, 0.05) is 16.8 Å². The molecule has 0 aliphatic carbocycles. The molecule has 0 saturated heterocycles. The minimum Gasteiger partial charge on any atom is -0.265 e. The molecule has 0 amide bonds. The Morgan fingerprint density at radius 2 is 2.33 bits per heavy atom. The molecule has 1 aromatic carbocycles. The van der Waals surface area contributed by atoms with Gasteiger partial charge in [0.2, 0.25) is 0 Å². The predicted molar refractivity (Wildman–Crippen MR) is 75.1 cm³/mol. The van der Waals surface area contributed by atoms with Crippen molar-refractivity contribution in [3.8, 4) is 0 Å². The van der Waals surface area contributed by atoms with Crippen molar-refractivity contribution in [1.29, 1.82) is 0 Å². The smallest absolute Gasteiger partial charge is 0.198 e. The van der Waals surface area contributed by atoms with Crippen LogP contribution < -0.4 is 0 Å². The van der Waals surface area contributed by atoms with Crippen LogP contribution in [0.25, 0.3) is 0 Å². The minimum atomic E-state index is -0.367. The molecule has 0 aliphatic heterocycles. The van der Waals surface area contributed by atoms with Crippen LogP contribution in [-0.4, -0.2) is 14.9 Å². The van der Waals surface area contributed by atoms with E-state index >= 15 is 0 Å². The third-order valence-electron chi connectivity index (χ3n) is 2.23. The first-order valence-electron chi connectivity index (χ1n) is 4.85. The number of hydrogen-bond donors (Lipinski definition) is 0. The van der Waals surface area contributed by atoms with Gasteiger partial charge in [-0.2, -0.15) is 10.1 Å². The van der Waals surface area contributed by atoms with Crippen LogP contribution in [0.2, 0.25) is 5.02 Å². The van der Waals surface area contributed by atoms with E-state index in [4.69, 9.17) is 11.6 Å². The van der Waals surface area contributed by atoms with E-state index in [2.05, 4.69) is 43.4 Å². The highest BCUT2D eigenvalue weighted by molar-refractivity contribution is 9.10. The summed E-state index contributed by atoms with van der Waals surface area (Å²) >= 11 is 13.7. The number of aromatic nitrogens is 2. The Bertz CT molecular complexity index is 617. The minimum absolute atomic E-state index is 0.219. The van der Waals surface area contributed by atoms with Gasteiger partial charge in [-0.25, -0.2) is 4.39 Å². The van der Waals surface area contributed by atoms with E-state index in [1.807, 2.05) is 0 Å². The van der Waals surface area contributed by atoms with Gasteiger partial charge in [0.05, 0.1) is 16.2 Å². The molecule has 0 spiro atoms. The molecule has 18 heavy (non-hydrogen) atoms. The highest BCUT2D eigenvalue weighted by Crippen LogP contribution is 2.25. The van der Waals surface area contributed by atoms with Gasteiger partial charge in [-0.15, -0.1) is 0 Å². The quantitative estimate of drug-likeness (QED) is 0.615. The summed E-state index contributed by atoms with van der Waals surface area (Å²) in [5, 5.41) is 6.72. The highest BCUT2D eigenvalue weighted by atomic mass is 79.9. The maximum atomic E-state index is 13.6. The number of thiocarbonyl (C=S) groups is 1. The van der Waals surface area contributed by atoms with E-state index in [9.17, 15) is 4.39 Å². The molecule has 1 heterocycles. The first-order valence-corrected chi connectivity index (χ1v) is 6.43. The monoisotopic (exact) mass is 345 g/mol. The highest BCUT2D eigenvalue weighted by Gasteiger charge is 2.10. The summed E-state index contributed by atoms with van der Waals surface area (Å²) in [6.45, 7) is 0.219. The van der Waals surface area contributed by atoms with Gasteiger partial charge in [-0.1, -0.05) is 17.7 Å². The fraction of sp³-hybridized carbons (Fsp3) is 0.0909. The van der Waals surface area contributed by atoms with Crippen molar-refractivity contribution in [2.24, 2.45) is 4.99 Å². The summed E-state index contributed by atoms with van der Waals surface area (Å²) in [4.78, 5) is 3.77. The number of aliphatic imine (C=N–C) groups is 1. The average Bonchev–Trinajstić information content (AvgIpc) is 2.66. The topological polar surface area (TPSA) is 30.2 Å². The van der Waals surface area contributed by atoms with Crippen LogP contribution in [0, 0.1) is 5.82 Å². The average molecular weight is 347 g/mol. The van der Waals surface area contributed by atoms with Gasteiger partial charge >= 0.3 is 0 Å². The van der Waals surface area contributed by atoms with Crippen molar-refractivity contribution in [2.45, 2.75) is 6.54 Å². The zero-order valence-corrected chi connectivity index (χ0v) is 12.1. The van der Waals surface area contributed by atoms with Crippen LogP contribution in [0.4, 0.5) is 10.2 Å². The second kappa shape index (κ2) is 5.71. The summed E-state index contributed by atoms with van der Waals surface area (Å²) < 4.78 is 15.8. The van der Waals surface area contributed by atoms with E-state index in [0.29, 0.717) is 20.9 Å². The fourth-order valence-electron chi connectivity index (χ4n) is 1.43. The number of hydrogen-bond acceptors (Lipinski definition) is 3. The molecular formula is C11H6BrClFN3S. The molecule has 0 saturated carbocycles. The molecular weight excluding hydrogens is 341 g/mol. The molecule has 0 N–H and O–H groups in total. The number of halogens is 3. The summed E-state index contributed by atoms with van der Waals surface area (Å²) in [6, 6.07) is 4.55. The fourth-order valence-corrected chi connectivity index (χ4v) is 2.15. The second-order valence-corrected chi connectivity index (χ2v) is 4.85. The number of benzene rings is 1. The zero-order valence-electron chi connectivity index (χ0n) is 8.90. The molecule has 3 nitrogen and oxygen atoms in total. The standard InChI is InChI=1S/C11H6BrClFN3S/c12-8-5-17(16-11(8)15-6-18)4-7-9(13)2-1-3-10(7)14/h1-3,5H,4H2. The van der Waals surface area contributed by atoms with Crippen molar-refractivity contribution >= 4 is 50.7 Å². The van der Waals surface area contributed by atoms with Gasteiger partial charge < -0.3 is 0 Å². The maximum absolute atomic E-state index is 13.6. The SMILES string of the molecule is Fc1cccc(Cl)c1Cn1cc(Br)c(N=C=S)n1. The van der Waals surface area contributed by atoms with E-state index in [-0.39, 0.29) is 12.4 Å². The molecule has 2 aromatic rings. The summed E-state index contributed by atoms with van der Waals surface area (Å²) in [6.07, 6.45) is 1.67. The lowest BCUT2D eigenvalue weighted by atomic mass is 10.2. The van der Waals surface area contributed by atoms with Crippen LogP contribution >= 0.6 is 39.7 Å². The van der Waals surface area contributed by atoms with Gasteiger partial charge in [0.25, 0.3) is 0 Å². The molecule has 1 aromatic heterocycles. The molecule has 0 radical (unpaired) electrons. The predicted octanol–water partition coefficient (Wildman–Crippen LogP) is 4.22. The Hall–Kier alpha value is -1.07. The molecule has 0 bridgehead atoms. The Labute approximate surface area is 121 Å². The summed E-state index contributed by atoms with van der Waals surface area (Å²) in [5.74, 6) is 0.0338. The zero-order chi connectivity index (χ0) is 13.1. The maximum Gasteiger partial charge on any atom is 0.198 e. The molecule has 92 valence electrons. The van der Waals surface area contributed by atoms with E-state index in [1.165, 1.54) is 10.7 Å². The number of rotatable bonds is 3. The van der Waals surface area contributed by atoms with E-state index < -0.39 is 0 Å². The van der Waals surface area contributed by atoms with Crippen LogP contribution in [0.5, 0.6) is 0 Å². The number of isothiocyanates is 1. The van der Waals surface area contributed by atoms with Crippen molar-refractivity contribution in [3.05, 3.63) is 45.3 Å². The molecule has 0 atom stereocenters. The van der Waals surface area contributed by atoms with Crippen molar-refractivity contribution in [3.63, 3.8) is 0 Å². The second-order valence-electron chi connectivity index (χ2n) is 3.40. The Morgan fingerprint density at radius 3 is 3.00 bits per heavy atom. The molecule has 7 heteroatoms. The van der Waals surface area contributed by atoms with Crippen LogP contribution in [0.1, 0.15) is 5.56 Å². The third kappa shape index (κ3) is 2.84. The van der Waals surface area contributed by atoms with Gasteiger partial charge in [0.1, 0.15) is 5.82 Å². The number of nitrogens with zero attached hydrogens (tertiary/aromatic N) is 3. The molecule has 0 aliphatic rings.